The molecule has 7 nitrogen and oxygen atoms in total. The first-order valence-corrected chi connectivity index (χ1v) is 14.7. The number of carbonyl (C=O) groups is 2. The highest BCUT2D eigenvalue weighted by molar-refractivity contribution is 7.92. The van der Waals surface area contributed by atoms with E-state index in [-0.39, 0.29) is 34.2 Å². The number of halogens is 4. The van der Waals surface area contributed by atoms with Gasteiger partial charge in [0.1, 0.15) is 12.6 Å². The van der Waals surface area contributed by atoms with Gasteiger partial charge < -0.3 is 10.2 Å². The van der Waals surface area contributed by atoms with E-state index in [1.54, 1.807) is 25.1 Å². The van der Waals surface area contributed by atoms with Crippen molar-refractivity contribution in [1.29, 1.82) is 0 Å². The number of sulfonamides is 1. The Labute approximate surface area is 231 Å². The van der Waals surface area contributed by atoms with E-state index in [2.05, 4.69) is 5.32 Å². The molecule has 3 rings (SSSR count). The van der Waals surface area contributed by atoms with Gasteiger partial charge in [0.2, 0.25) is 21.8 Å². The highest BCUT2D eigenvalue weighted by atomic mass is 35.5. The summed E-state index contributed by atoms with van der Waals surface area (Å²) in [7, 11) is -3.93. The first-order valence-electron chi connectivity index (χ1n) is 11.3. The molecule has 2 amide bonds. The Morgan fingerprint density at radius 3 is 2.25 bits per heavy atom. The van der Waals surface area contributed by atoms with Crippen LogP contribution < -0.4 is 9.62 Å². The zero-order valence-electron chi connectivity index (χ0n) is 19.8. The van der Waals surface area contributed by atoms with Crippen LogP contribution in [0.3, 0.4) is 0 Å². The summed E-state index contributed by atoms with van der Waals surface area (Å²) in [6.07, 6.45) is 4.81. The van der Waals surface area contributed by atoms with Gasteiger partial charge in [0.25, 0.3) is 0 Å². The van der Waals surface area contributed by atoms with Crippen LogP contribution in [0.1, 0.15) is 38.2 Å². The van der Waals surface area contributed by atoms with Crippen LogP contribution in [0.2, 0.25) is 20.1 Å². The van der Waals surface area contributed by atoms with Crippen molar-refractivity contribution >= 4 is 73.9 Å². The van der Waals surface area contributed by atoms with Crippen molar-refractivity contribution in [2.75, 3.05) is 17.1 Å². The molecule has 196 valence electrons. The van der Waals surface area contributed by atoms with Crippen molar-refractivity contribution in [2.45, 2.75) is 51.2 Å². The lowest BCUT2D eigenvalue weighted by atomic mass is 10.1. The molecule has 0 heterocycles. The predicted octanol–water partition coefficient (Wildman–Crippen LogP) is 5.54. The first kappa shape index (κ1) is 28.9. The summed E-state index contributed by atoms with van der Waals surface area (Å²) in [5.41, 5.74) is 0.697. The second-order valence-corrected chi connectivity index (χ2v) is 12.4. The van der Waals surface area contributed by atoms with Gasteiger partial charge in [-0.25, -0.2) is 8.42 Å². The normalized spacial score (nSPS) is 14.9. The van der Waals surface area contributed by atoms with E-state index >= 15 is 0 Å². The highest BCUT2D eigenvalue weighted by Crippen LogP contribution is 2.31. The molecule has 0 aliphatic heterocycles. The minimum atomic E-state index is -3.93. The molecular weight excluding hydrogens is 568 g/mol. The van der Waals surface area contributed by atoms with Crippen molar-refractivity contribution in [1.82, 2.24) is 10.2 Å². The number of carbonyl (C=O) groups excluding carboxylic acids is 2. The summed E-state index contributed by atoms with van der Waals surface area (Å²) in [4.78, 5) is 28.0. The van der Waals surface area contributed by atoms with Crippen molar-refractivity contribution in [3.05, 3.63) is 62.1 Å². The lowest BCUT2D eigenvalue weighted by Gasteiger charge is -2.32. The standard InChI is InChI=1S/C24H27Cl4N3O4S/c1-15(24(33)29-18-5-3-4-6-18)30(13-16-7-9-19(26)21(28)11-16)23(32)14-31(36(2,34)35)22-12-17(25)8-10-20(22)27/h7-12,15,18H,3-6,13-14H2,1-2H3,(H,29,33)/t15-/m0/s1. The molecule has 0 bridgehead atoms. The zero-order valence-corrected chi connectivity index (χ0v) is 23.6. The number of nitrogens with zero attached hydrogens (tertiary/aromatic N) is 2. The molecule has 2 aromatic rings. The van der Waals surface area contributed by atoms with Crippen LogP contribution in [0, 0.1) is 0 Å². The Kier molecular flexibility index (Phi) is 9.80. The molecule has 0 spiro atoms. The van der Waals surface area contributed by atoms with Crippen molar-refractivity contribution in [3.8, 4) is 0 Å². The Balaban J connectivity index is 1.93. The maximum Gasteiger partial charge on any atom is 0.244 e. The Bertz CT molecular complexity index is 1240. The van der Waals surface area contributed by atoms with Crippen LogP contribution in [-0.2, 0) is 26.2 Å². The van der Waals surface area contributed by atoms with Gasteiger partial charge in [-0.15, -0.1) is 0 Å². The second-order valence-electron chi connectivity index (χ2n) is 8.80. The monoisotopic (exact) mass is 593 g/mol. The molecule has 1 atom stereocenters. The molecular formula is C24H27Cl4N3O4S. The fraction of sp³-hybridized carbons (Fsp3) is 0.417. The van der Waals surface area contributed by atoms with Crippen molar-refractivity contribution in [3.63, 3.8) is 0 Å². The number of anilines is 1. The number of benzene rings is 2. The third-order valence-corrected chi connectivity index (χ3v) is 8.48. The van der Waals surface area contributed by atoms with Gasteiger partial charge in [-0.3, -0.25) is 13.9 Å². The molecule has 1 N–H and O–H groups in total. The fourth-order valence-corrected chi connectivity index (χ4v) is 5.69. The third kappa shape index (κ3) is 7.42. The van der Waals surface area contributed by atoms with Crippen molar-refractivity contribution < 1.29 is 18.0 Å². The summed E-state index contributed by atoms with van der Waals surface area (Å²) in [6, 6.07) is 8.40. The van der Waals surface area contributed by atoms with E-state index in [4.69, 9.17) is 46.4 Å². The molecule has 0 saturated heterocycles. The van der Waals surface area contributed by atoms with E-state index in [1.807, 2.05) is 0 Å². The van der Waals surface area contributed by atoms with E-state index in [0.29, 0.717) is 15.6 Å². The molecule has 1 aliphatic carbocycles. The summed E-state index contributed by atoms with van der Waals surface area (Å²) >= 11 is 24.5. The topological polar surface area (TPSA) is 86.8 Å². The van der Waals surface area contributed by atoms with E-state index in [0.717, 1.165) is 36.2 Å². The average molecular weight is 595 g/mol. The predicted molar refractivity (Wildman–Crippen MR) is 146 cm³/mol. The Morgan fingerprint density at radius 2 is 1.64 bits per heavy atom. The van der Waals surface area contributed by atoms with Crippen LogP contribution in [0.15, 0.2) is 36.4 Å². The van der Waals surface area contributed by atoms with E-state index in [1.165, 1.54) is 23.1 Å². The van der Waals surface area contributed by atoms with Gasteiger partial charge in [-0.2, -0.15) is 0 Å². The number of hydrogen-bond acceptors (Lipinski definition) is 4. The Hall–Kier alpha value is -1.71. The summed E-state index contributed by atoms with van der Waals surface area (Å²) in [5, 5.41) is 4.02. The minimum Gasteiger partial charge on any atom is -0.352 e. The number of nitrogens with one attached hydrogen (secondary N) is 1. The SMILES string of the molecule is C[C@@H](C(=O)NC1CCCC1)N(Cc1ccc(Cl)c(Cl)c1)C(=O)CN(c1cc(Cl)ccc1Cl)S(C)(=O)=O. The van der Waals surface area contributed by atoms with Crippen LogP contribution in [0.25, 0.3) is 0 Å². The van der Waals surface area contributed by atoms with Gasteiger partial charge in [-0.1, -0.05) is 65.3 Å². The number of rotatable bonds is 9. The largest absolute Gasteiger partial charge is 0.352 e. The summed E-state index contributed by atoms with van der Waals surface area (Å²) in [5.74, 6) is -0.918. The highest BCUT2D eigenvalue weighted by Gasteiger charge is 2.32. The summed E-state index contributed by atoms with van der Waals surface area (Å²) in [6.45, 7) is 1.04. The molecule has 2 aromatic carbocycles. The van der Waals surface area contributed by atoms with Crippen LogP contribution in [0.4, 0.5) is 5.69 Å². The van der Waals surface area contributed by atoms with E-state index < -0.39 is 28.5 Å². The summed E-state index contributed by atoms with van der Waals surface area (Å²) < 4.78 is 26.2. The van der Waals surface area contributed by atoms with Crippen molar-refractivity contribution in [2.24, 2.45) is 0 Å². The van der Waals surface area contributed by atoms with E-state index in [9.17, 15) is 18.0 Å². The van der Waals surface area contributed by atoms with Gasteiger partial charge in [0.05, 0.1) is 27.0 Å². The third-order valence-electron chi connectivity index (χ3n) is 6.06. The number of amides is 2. The maximum absolute atomic E-state index is 13.6. The maximum atomic E-state index is 13.6. The van der Waals surface area contributed by atoms with Gasteiger partial charge in [-0.05, 0) is 55.7 Å². The Morgan fingerprint density at radius 1 is 1.00 bits per heavy atom. The molecule has 0 radical (unpaired) electrons. The minimum absolute atomic E-state index is 0.00978. The fourth-order valence-electron chi connectivity index (χ4n) is 4.08. The molecule has 0 unspecified atom stereocenters. The lowest BCUT2D eigenvalue weighted by molar-refractivity contribution is -0.139. The molecule has 12 heteroatoms. The lowest BCUT2D eigenvalue weighted by Crippen LogP contribution is -2.52. The number of hydrogen-bond donors (Lipinski definition) is 1. The van der Waals surface area contributed by atoms with Crippen LogP contribution >= 0.6 is 46.4 Å². The smallest absolute Gasteiger partial charge is 0.244 e. The molecule has 1 fully saturated rings. The molecule has 36 heavy (non-hydrogen) atoms. The van der Waals surface area contributed by atoms with Crippen LogP contribution in [0.5, 0.6) is 0 Å². The molecule has 0 aromatic heterocycles. The molecule has 1 saturated carbocycles. The van der Waals surface area contributed by atoms with Gasteiger partial charge in [0.15, 0.2) is 0 Å². The second kappa shape index (κ2) is 12.2. The van der Waals surface area contributed by atoms with Gasteiger partial charge >= 0.3 is 0 Å². The zero-order chi connectivity index (χ0) is 26.6. The average Bonchev–Trinajstić information content (AvgIpc) is 3.31. The van der Waals surface area contributed by atoms with Crippen LogP contribution in [-0.4, -0.2) is 50.0 Å². The first-order chi connectivity index (χ1) is 16.9. The quantitative estimate of drug-likeness (QED) is 0.413. The molecule has 1 aliphatic rings. The van der Waals surface area contributed by atoms with Gasteiger partial charge in [0, 0.05) is 17.6 Å².